The van der Waals surface area contributed by atoms with Crippen LogP contribution in [0.5, 0.6) is 0 Å². The molecule has 1 aliphatic heterocycles. The second kappa shape index (κ2) is 10.0. The minimum atomic E-state index is -1.03. The molecule has 10 heteroatoms. The number of hydrogen-bond donors (Lipinski definition) is 1. The molecule has 1 N–H and O–H groups in total. The van der Waals surface area contributed by atoms with E-state index in [1.807, 2.05) is 0 Å². The SMILES string of the molecule is CC(=O)N1CCN(C(=O)CCC(=O)O[C@@H](C)C(=O)Nc2ccc(Cl)cn2)CC1. The Labute approximate surface area is 168 Å². The lowest BCUT2D eigenvalue weighted by atomic mass is 10.2. The van der Waals surface area contributed by atoms with E-state index in [-0.39, 0.29) is 30.5 Å². The summed E-state index contributed by atoms with van der Waals surface area (Å²) < 4.78 is 5.07. The van der Waals surface area contributed by atoms with Gasteiger partial charge >= 0.3 is 5.97 Å². The van der Waals surface area contributed by atoms with Gasteiger partial charge in [-0.3, -0.25) is 19.2 Å². The van der Waals surface area contributed by atoms with Crippen LogP contribution >= 0.6 is 11.6 Å². The first kappa shape index (κ1) is 21.6. The van der Waals surface area contributed by atoms with Gasteiger partial charge in [-0.15, -0.1) is 0 Å². The zero-order valence-electron chi connectivity index (χ0n) is 15.8. The number of hydrogen-bond acceptors (Lipinski definition) is 6. The predicted octanol–water partition coefficient (Wildman–Crippen LogP) is 1.08. The molecule has 1 atom stereocenters. The molecule has 0 spiro atoms. The normalized spacial score (nSPS) is 15.0. The molecular formula is C18H23ClN4O5. The van der Waals surface area contributed by atoms with Crippen LogP contribution in [-0.2, 0) is 23.9 Å². The summed E-state index contributed by atoms with van der Waals surface area (Å²) in [5.41, 5.74) is 0. The summed E-state index contributed by atoms with van der Waals surface area (Å²) in [5.74, 6) is -1.08. The van der Waals surface area contributed by atoms with E-state index in [4.69, 9.17) is 16.3 Å². The van der Waals surface area contributed by atoms with Crippen molar-refractivity contribution in [3.05, 3.63) is 23.4 Å². The van der Waals surface area contributed by atoms with Crippen LogP contribution in [0.4, 0.5) is 5.82 Å². The van der Waals surface area contributed by atoms with Gasteiger partial charge in [0.25, 0.3) is 5.91 Å². The molecule has 1 aliphatic rings. The molecule has 2 rings (SSSR count). The number of esters is 1. The summed E-state index contributed by atoms with van der Waals surface area (Å²) >= 11 is 5.72. The number of pyridine rings is 1. The smallest absolute Gasteiger partial charge is 0.307 e. The molecule has 1 aromatic heterocycles. The molecule has 3 amide bonds. The topological polar surface area (TPSA) is 109 Å². The van der Waals surface area contributed by atoms with Gasteiger partial charge in [-0.05, 0) is 19.1 Å². The van der Waals surface area contributed by atoms with Crippen molar-refractivity contribution in [2.24, 2.45) is 0 Å². The highest BCUT2D eigenvalue weighted by Crippen LogP contribution is 2.11. The first-order chi connectivity index (χ1) is 13.3. The first-order valence-electron chi connectivity index (χ1n) is 8.91. The van der Waals surface area contributed by atoms with Gasteiger partial charge in [0, 0.05) is 45.7 Å². The van der Waals surface area contributed by atoms with Crippen molar-refractivity contribution in [3.8, 4) is 0 Å². The highest BCUT2D eigenvalue weighted by atomic mass is 35.5. The molecule has 0 unspecified atom stereocenters. The maximum Gasteiger partial charge on any atom is 0.307 e. The molecule has 1 fully saturated rings. The Morgan fingerprint density at radius 1 is 1.14 bits per heavy atom. The number of carbonyl (C=O) groups is 4. The standard InChI is InChI=1S/C18H23ClN4O5/c1-12(18(27)21-15-4-3-14(19)11-20-15)28-17(26)6-5-16(25)23-9-7-22(8-10-23)13(2)24/h3-4,11-12H,5-10H2,1-2H3,(H,20,21,27)/t12-/m0/s1. The quantitative estimate of drug-likeness (QED) is 0.703. The van der Waals surface area contributed by atoms with Gasteiger partial charge in [0.2, 0.25) is 11.8 Å². The number of rotatable bonds is 6. The minimum absolute atomic E-state index is 0.00795. The average Bonchev–Trinajstić information content (AvgIpc) is 2.67. The zero-order chi connectivity index (χ0) is 20.7. The Morgan fingerprint density at radius 2 is 1.79 bits per heavy atom. The maximum atomic E-state index is 12.2. The van der Waals surface area contributed by atoms with E-state index in [1.165, 1.54) is 26.1 Å². The number of nitrogens with one attached hydrogen (secondary N) is 1. The van der Waals surface area contributed by atoms with Gasteiger partial charge in [0.1, 0.15) is 5.82 Å². The van der Waals surface area contributed by atoms with Crippen LogP contribution < -0.4 is 5.32 Å². The highest BCUT2D eigenvalue weighted by molar-refractivity contribution is 6.30. The summed E-state index contributed by atoms with van der Waals surface area (Å²) in [7, 11) is 0. The molecule has 0 aliphatic carbocycles. The number of carbonyl (C=O) groups excluding carboxylic acids is 4. The summed E-state index contributed by atoms with van der Waals surface area (Å²) in [6, 6.07) is 3.10. The summed E-state index contributed by atoms with van der Waals surface area (Å²) in [6.07, 6.45) is 0.226. The summed E-state index contributed by atoms with van der Waals surface area (Å²) in [4.78, 5) is 54.7. The minimum Gasteiger partial charge on any atom is -0.453 e. The molecule has 1 saturated heterocycles. The van der Waals surface area contributed by atoms with Crippen LogP contribution in [0, 0.1) is 0 Å². The van der Waals surface area contributed by atoms with Gasteiger partial charge in [-0.2, -0.15) is 0 Å². The predicted molar refractivity (Wildman–Crippen MR) is 101 cm³/mol. The Hall–Kier alpha value is -2.68. The van der Waals surface area contributed by atoms with Crippen LogP contribution in [0.25, 0.3) is 0 Å². The zero-order valence-corrected chi connectivity index (χ0v) is 16.6. The third-order valence-electron chi connectivity index (χ3n) is 4.28. The molecule has 0 bridgehead atoms. The first-order valence-corrected chi connectivity index (χ1v) is 9.29. The van der Waals surface area contributed by atoms with Crippen molar-refractivity contribution in [1.82, 2.24) is 14.8 Å². The Bertz CT molecular complexity index is 732. The molecule has 0 radical (unpaired) electrons. The fraction of sp³-hybridized carbons (Fsp3) is 0.500. The fourth-order valence-corrected chi connectivity index (χ4v) is 2.74. The highest BCUT2D eigenvalue weighted by Gasteiger charge is 2.24. The third-order valence-corrected chi connectivity index (χ3v) is 4.50. The van der Waals surface area contributed by atoms with Crippen LogP contribution in [-0.4, -0.2) is 70.8 Å². The Morgan fingerprint density at radius 3 is 2.36 bits per heavy atom. The van der Waals surface area contributed by atoms with Gasteiger partial charge in [-0.25, -0.2) is 4.98 Å². The van der Waals surface area contributed by atoms with Crippen molar-refractivity contribution in [1.29, 1.82) is 0 Å². The Balaban J connectivity index is 1.71. The number of piperazine rings is 1. The van der Waals surface area contributed by atoms with Crippen molar-refractivity contribution in [2.45, 2.75) is 32.8 Å². The largest absolute Gasteiger partial charge is 0.453 e. The molecule has 2 heterocycles. The number of halogens is 1. The van der Waals surface area contributed by atoms with Crippen molar-refractivity contribution in [2.75, 3.05) is 31.5 Å². The molecule has 152 valence electrons. The van der Waals surface area contributed by atoms with E-state index >= 15 is 0 Å². The summed E-state index contributed by atoms with van der Waals surface area (Å²) in [5, 5.41) is 2.95. The van der Waals surface area contributed by atoms with Crippen molar-refractivity contribution < 1.29 is 23.9 Å². The molecule has 1 aromatic rings. The van der Waals surface area contributed by atoms with Crippen LogP contribution in [0.2, 0.25) is 5.02 Å². The Kier molecular flexibility index (Phi) is 7.74. The van der Waals surface area contributed by atoms with Crippen molar-refractivity contribution in [3.63, 3.8) is 0 Å². The van der Waals surface area contributed by atoms with E-state index in [9.17, 15) is 19.2 Å². The fourth-order valence-electron chi connectivity index (χ4n) is 2.63. The van der Waals surface area contributed by atoms with E-state index in [0.717, 1.165) is 0 Å². The van der Waals surface area contributed by atoms with Gasteiger partial charge in [0.15, 0.2) is 6.10 Å². The molecule has 28 heavy (non-hydrogen) atoms. The molecular weight excluding hydrogens is 388 g/mol. The lowest BCUT2D eigenvalue weighted by Gasteiger charge is -2.34. The number of anilines is 1. The van der Waals surface area contributed by atoms with E-state index in [1.54, 1.807) is 15.9 Å². The van der Waals surface area contributed by atoms with E-state index in [0.29, 0.717) is 31.2 Å². The number of amides is 3. The molecule has 0 aromatic carbocycles. The number of nitrogens with zero attached hydrogens (tertiary/aromatic N) is 3. The monoisotopic (exact) mass is 410 g/mol. The van der Waals surface area contributed by atoms with Crippen molar-refractivity contribution >= 4 is 41.1 Å². The second-order valence-electron chi connectivity index (χ2n) is 6.37. The van der Waals surface area contributed by atoms with Crippen LogP contribution in [0.3, 0.4) is 0 Å². The number of aromatic nitrogens is 1. The van der Waals surface area contributed by atoms with Gasteiger partial charge in [-0.1, -0.05) is 11.6 Å². The molecule has 0 saturated carbocycles. The van der Waals surface area contributed by atoms with Gasteiger partial charge < -0.3 is 19.9 Å². The second-order valence-corrected chi connectivity index (χ2v) is 6.81. The van der Waals surface area contributed by atoms with E-state index < -0.39 is 18.0 Å². The van der Waals surface area contributed by atoms with Gasteiger partial charge in [0.05, 0.1) is 11.4 Å². The average molecular weight is 411 g/mol. The molecule has 9 nitrogen and oxygen atoms in total. The lowest BCUT2D eigenvalue weighted by molar-refractivity contribution is -0.154. The van der Waals surface area contributed by atoms with E-state index in [2.05, 4.69) is 10.3 Å². The lowest BCUT2D eigenvalue weighted by Crippen LogP contribution is -2.50. The van der Waals surface area contributed by atoms with Crippen LogP contribution in [0.15, 0.2) is 18.3 Å². The number of ether oxygens (including phenoxy) is 1. The third kappa shape index (κ3) is 6.49. The maximum absolute atomic E-state index is 12.2. The summed E-state index contributed by atoms with van der Waals surface area (Å²) in [6.45, 7) is 4.80. The van der Waals surface area contributed by atoms with Crippen LogP contribution in [0.1, 0.15) is 26.7 Å².